The summed E-state index contributed by atoms with van der Waals surface area (Å²) in [5, 5.41) is 21.8. The standard InChI is InChI=1S/C14H17ClN6O3S/c1-14(2,3)12-18-19-13(20(12)16)25-7-11(22)17-10-5-4-8(21(23)24)6-9(10)15/h4-6H,7,16H2,1-3H3,(H,17,22). The molecule has 25 heavy (non-hydrogen) atoms. The van der Waals surface area contributed by atoms with E-state index in [0.29, 0.717) is 16.7 Å². The lowest BCUT2D eigenvalue weighted by atomic mass is 9.96. The average Bonchev–Trinajstić information content (AvgIpc) is 2.88. The SMILES string of the molecule is CC(C)(C)c1nnc(SCC(=O)Nc2ccc([N+](=O)[O-])cc2Cl)n1N. The molecule has 1 amide bonds. The summed E-state index contributed by atoms with van der Waals surface area (Å²) in [6.45, 7) is 5.87. The van der Waals surface area contributed by atoms with Crippen LogP contribution in [0, 0.1) is 10.1 Å². The number of benzene rings is 1. The summed E-state index contributed by atoms with van der Waals surface area (Å²) in [7, 11) is 0. The fourth-order valence-corrected chi connectivity index (χ4v) is 2.80. The fraction of sp³-hybridized carbons (Fsp3) is 0.357. The van der Waals surface area contributed by atoms with Crippen molar-refractivity contribution in [2.45, 2.75) is 31.3 Å². The number of hydrogen-bond acceptors (Lipinski definition) is 7. The van der Waals surface area contributed by atoms with Crippen molar-refractivity contribution in [1.82, 2.24) is 14.9 Å². The molecule has 0 aliphatic rings. The second-order valence-corrected chi connectivity index (χ2v) is 7.53. The van der Waals surface area contributed by atoms with E-state index in [-0.39, 0.29) is 27.8 Å². The second-order valence-electron chi connectivity index (χ2n) is 6.18. The third-order valence-corrected chi connectivity index (χ3v) is 4.36. The summed E-state index contributed by atoms with van der Waals surface area (Å²) in [6.07, 6.45) is 0. The lowest BCUT2D eigenvalue weighted by Crippen LogP contribution is -2.24. The van der Waals surface area contributed by atoms with Crippen LogP contribution in [0.4, 0.5) is 11.4 Å². The molecule has 0 saturated carbocycles. The van der Waals surface area contributed by atoms with Crippen LogP contribution in [-0.2, 0) is 10.2 Å². The highest BCUT2D eigenvalue weighted by Crippen LogP contribution is 2.27. The van der Waals surface area contributed by atoms with Gasteiger partial charge in [0.15, 0.2) is 5.82 Å². The van der Waals surface area contributed by atoms with E-state index in [9.17, 15) is 14.9 Å². The summed E-state index contributed by atoms with van der Waals surface area (Å²) < 4.78 is 1.36. The number of aromatic nitrogens is 3. The Morgan fingerprint density at radius 3 is 2.64 bits per heavy atom. The minimum absolute atomic E-state index is 0.0345. The van der Waals surface area contributed by atoms with Gasteiger partial charge in [0.1, 0.15) is 0 Å². The molecule has 0 saturated heterocycles. The first-order valence-corrected chi connectivity index (χ1v) is 8.53. The predicted molar refractivity (Wildman–Crippen MR) is 96.3 cm³/mol. The summed E-state index contributed by atoms with van der Waals surface area (Å²) >= 11 is 7.07. The van der Waals surface area contributed by atoms with Gasteiger partial charge in [-0.25, -0.2) is 4.68 Å². The molecule has 0 unspecified atom stereocenters. The van der Waals surface area contributed by atoms with E-state index in [4.69, 9.17) is 17.4 Å². The number of anilines is 1. The molecule has 1 aromatic heterocycles. The van der Waals surface area contributed by atoms with Crippen molar-refractivity contribution in [3.8, 4) is 0 Å². The van der Waals surface area contributed by atoms with Crippen molar-refractivity contribution in [3.05, 3.63) is 39.2 Å². The summed E-state index contributed by atoms with van der Waals surface area (Å²) in [6, 6.07) is 3.82. The summed E-state index contributed by atoms with van der Waals surface area (Å²) in [5.41, 5.74) is -0.125. The minimum Gasteiger partial charge on any atom is -0.336 e. The quantitative estimate of drug-likeness (QED) is 0.350. The minimum atomic E-state index is -0.561. The van der Waals surface area contributed by atoms with E-state index in [2.05, 4.69) is 15.5 Å². The molecule has 2 aromatic rings. The number of carbonyl (C=O) groups is 1. The van der Waals surface area contributed by atoms with Crippen LogP contribution in [0.2, 0.25) is 5.02 Å². The van der Waals surface area contributed by atoms with Gasteiger partial charge in [-0.1, -0.05) is 44.1 Å². The number of nitrogen functional groups attached to an aromatic ring is 1. The zero-order valence-electron chi connectivity index (χ0n) is 13.8. The number of nitrogens with zero attached hydrogens (tertiary/aromatic N) is 4. The third-order valence-electron chi connectivity index (χ3n) is 3.11. The highest BCUT2D eigenvalue weighted by molar-refractivity contribution is 7.99. The molecule has 3 N–H and O–H groups in total. The Hall–Kier alpha value is -2.33. The summed E-state index contributed by atoms with van der Waals surface area (Å²) in [4.78, 5) is 22.2. The topological polar surface area (TPSA) is 129 Å². The Bertz CT molecular complexity index is 817. The number of non-ortho nitro benzene ring substituents is 1. The van der Waals surface area contributed by atoms with Crippen LogP contribution in [-0.4, -0.2) is 31.5 Å². The zero-order valence-corrected chi connectivity index (χ0v) is 15.4. The number of carbonyl (C=O) groups excluding carboxylic acids is 1. The Kier molecular flexibility index (Phi) is 5.53. The summed E-state index contributed by atoms with van der Waals surface area (Å²) in [5.74, 6) is 6.25. The molecule has 134 valence electrons. The number of nitrogens with one attached hydrogen (secondary N) is 1. The Labute approximate surface area is 153 Å². The number of nitrogens with two attached hydrogens (primary N) is 1. The number of nitro benzene ring substituents is 1. The first kappa shape index (κ1) is 19.0. The number of hydrogen-bond donors (Lipinski definition) is 2. The van der Waals surface area contributed by atoms with Crippen LogP contribution >= 0.6 is 23.4 Å². The first-order valence-electron chi connectivity index (χ1n) is 7.17. The highest BCUT2D eigenvalue weighted by atomic mass is 35.5. The zero-order chi connectivity index (χ0) is 18.8. The van der Waals surface area contributed by atoms with Crippen molar-refractivity contribution in [2.24, 2.45) is 0 Å². The van der Waals surface area contributed by atoms with Gasteiger partial charge in [0.25, 0.3) is 5.69 Å². The molecule has 11 heteroatoms. The Morgan fingerprint density at radius 2 is 2.12 bits per heavy atom. The lowest BCUT2D eigenvalue weighted by molar-refractivity contribution is -0.384. The molecule has 0 fully saturated rings. The molecular formula is C14H17ClN6O3S. The van der Waals surface area contributed by atoms with Crippen molar-refractivity contribution < 1.29 is 9.72 Å². The molecule has 1 aromatic carbocycles. The van der Waals surface area contributed by atoms with Gasteiger partial charge in [-0.15, -0.1) is 10.2 Å². The number of amides is 1. The molecule has 9 nitrogen and oxygen atoms in total. The molecule has 0 radical (unpaired) electrons. The van der Waals surface area contributed by atoms with Gasteiger partial charge >= 0.3 is 0 Å². The molecule has 2 rings (SSSR count). The maximum absolute atomic E-state index is 12.0. The van der Waals surface area contributed by atoms with Crippen LogP contribution < -0.4 is 11.2 Å². The van der Waals surface area contributed by atoms with Gasteiger partial charge in [0.05, 0.1) is 21.4 Å². The van der Waals surface area contributed by atoms with Gasteiger partial charge in [-0.2, -0.15) is 0 Å². The monoisotopic (exact) mass is 384 g/mol. The van der Waals surface area contributed by atoms with Gasteiger partial charge in [-0.05, 0) is 6.07 Å². The van der Waals surface area contributed by atoms with Crippen molar-refractivity contribution in [1.29, 1.82) is 0 Å². The smallest absolute Gasteiger partial charge is 0.271 e. The Balaban J connectivity index is 2.00. The van der Waals surface area contributed by atoms with Crippen LogP contribution in [0.15, 0.2) is 23.4 Å². The van der Waals surface area contributed by atoms with Gasteiger partial charge in [0.2, 0.25) is 11.1 Å². The molecule has 0 atom stereocenters. The van der Waals surface area contributed by atoms with E-state index in [1.54, 1.807) is 0 Å². The third kappa shape index (κ3) is 4.60. The lowest BCUT2D eigenvalue weighted by Gasteiger charge is -2.16. The molecule has 1 heterocycles. The van der Waals surface area contributed by atoms with Crippen molar-refractivity contribution >= 4 is 40.6 Å². The largest absolute Gasteiger partial charge is 0.336 e. The molecular weight excluding hydrogens is 368 g/mol. The van der Waals surface area contributed by atoms with Gasteiger partial charge < -0.3 is 11.2 Å². The number of nitro groups is 1. The molecule has 0 bridgehead atoms. The number of rotatable bonds is 5. The molecule has 0 spiro atoms. The average molecular weight is 385 g/mol. The first-order chi connectivity index (χ1) is 11.6. The predicted octanol–water partition coefficient (Wildman–Crippen LogP) is 2.58. The van der Waals surface area contributed by atoms with Crippen LogP contribution in [0.1, 0.15) is 26.6 Å². The van der Waals surface area contributed by atoms with Crippen LogP contribution in [0.5, 0.6) is 0 Å². The van der Waals surface area contributed by atoms with Gasteiger partial charge in [-0.3, -0.25) is 14.9 Å². The van der Waals surface area contributed by atoms with E-state index in [0.717, 1.165) is 11.8 Å². The maximum Gasteiger partial charge on any atom is 0.271 e. The molecule has 0 aliphatic heterocycles. The normalized spacial score (nSPS) is 11.4. The van der Waals surface area contributed by atoms with E-state index in [1.807, 2.05) is 20.8 Å². The fourth-order valence-electron chi connectivity index (χ4n) is 1.92. The van der Waals surface area contributed by atoms with Crippen LogP contribution in [0.3, 0.4) is 0 Å². The molecule has 0 aliphatic carbocycles. The van der Waals surface area contributed by atoms with E-state index >= 15 is 0 Å². The maximum atomic E-state index is 12.0. The Morgan fingerprint density at radius 1 is 1.44 bits per heavy atom. The second kappa shape index (κ2) is 7.28. The van der Waals surface area contributed by atoms with E-state index < -0.39 is 4.92 Å². The van der Waals surface area contributed by atoms with Crippen LogP contribution in [0.25, 0.3) is 0 Å². The number of thioether (sulfide) groups is 1. The van der Waals surface area contributed by atoms with Crippen molar-refractivity contribution in [3.63, 3.8) is 0 Å². The van der Waals surface area contributed by atoms with E-state index in [1.165, 1.54) is 22.9 Å². The number of halogens is 1. The highest BCUT2D eigenvalue weighted by Gasteiger charge is 2.23. The van der Waals surface area contributed by atoms with Crippen molar-refractivity contribution in [2.75, 3.05) is 16.9 Å². The van der Waals surface area contributed by atoms with Gasteiger partial charge in [0, 0.05) is 17.5 Å².